The second kappa shape index (κ2) is 8.44. The number of nitrogens with zero attached hydrogens (tertiary/aromatic N) is 6. The highest BCUT2D eigenvalue weighted by molar-refractivity contribution is 5.84. The number of imidazole rings is 1. The maximum Gasteiger partial charge on any atom is 0.387 e. The number of aromatic nitrogens is 4. The number of ether oxygens (including phenoxy) is 1. The van der Waals surface area contributed by atoms with E-state index in [2.05, 4.69) is 31.4 Å². The lowest BCUT2D eigenvalue weighted by atomic mass is 10.0. The van der Waals surface area contributed by atoms with Gasteiger partial charge in [-0.25, -0.2) is 19.3 Å². The van der Waals surface area contributed by atoms with Gasteiger partial charge in [-0.3, -0.25) is 0 Å². The fourth-order valence-electron chi connectivity index (χ4n) is 5.89. The Hall–Kier alpha value is -3.66. The molecule has 0 N–H and O–H groups in total. The number of fused-ring (bicyclic) bond motifs is 5. The van der Waals surface area contributed by atoms with E-state index in [1.165, 1.54) is 6.07 Å². The van der Waals surface area contributed by atoms with Gasteiger partial charge in [-0.1, -0.05) is 18.2 Å². The number of piperazine rings is 1. The SMILES string of the molecule is CN1CCN(c2ncc(-c3cc4c(cc3F)nc3n4[C@H](c4ccccc4OC(F)F)[C@@H]4C[C@H]34)cn2)CC1. The number of para-hydroxylation sites is 1. The van der Waals surface area contributed by atoms with Crippen LogP contribution in [0.3, 0.4) is 0 Å². The molecule has 7 nitrogen and oxygen atoms in total. The number of hydrogen-bond acceptors (Lipinski definition) is 6. The molecule has 0 unspecified atom stereocenters. The number of rotatable bonds is 5. The van der Waals surface area contributed by atoms with Crippen molar-refractivity contribution in [1.82, 2.24) is 24.4 Å². The Bertz CT molecular complexity index is 1480. The first kappa shape index (κ1) is 22.5. The summed E-state index contributed by atoms with van der Waals surface area (Å²) in [5.41, 5.74) is 2.97. The number of hydrogen-bond donors (Lipinski definition) is 0. The molecule has 1 saturated heterocycles. The molecule has 10 heteroatoms. The maximum atomic E-state index is 15.3. The fraction of sp³-hybridized carbons (Fsp3) is 0.370. The first-order valence-corrected chi connectivity index (χ1v) is 12.5. The molecule has 0 bridgehead atoms. The minimum atomic E-state index is -2.91. The van der Waals surface area contributed by atoms with Crippen LogP contribution in [0.4, 0.5) is 19.1 Å². The van der Waals surface area contributed by atoms with Crippen LogP contribution in [-0.2, 0) is 0 Å². The van der Waals surface area contributed by atoms with Crippen molar-refractivity contribution in [3.63, 3.8) is 0 Å². The minimum absolute atomic E-state index is 0.165. The van der Waals surface area contributed by atoms with E-state index >= 15 is 4.39 Å². The Morgan fingerprint density at radius 2 is 1.78 bits per heavy atom. The number of anilines is 1. The van der Waals surface area contributed by atoms with Crippen LogP contribution < -0.4 is 9.64 Å². The molecule has 1 saturated carbocycles. The van der Waals surface area contributed by atoms with Crippen LogP contribution in [0.1, 0.15) is 29.8 Å². The zero-order chi connectivity index (χ0) is 25.3. The van der Waals surface area contributed by atoms with Crippen molar-refractivity contribution >= 4 is 17.0 Å². The van der Waals surface area contributed by atoms with Gasteiger partial charge >= 0.3 is 6.61 Å². The second-order valence-corrected chi connectivity index (χ2v) is 10.1. The molecule has 0 amide bonds. The summed E-state index contributed by atoms with van der Waals surface area (Å²) in [6.45, 7) is 0.664. The Labute approximate surface area is 211 Å². The van der Waals surface area contributed by atoms with Crippen LogP contribution >= 0.6 is 0 Å². The van der Waals surface area contributed by atoms with Gasteiger partial charge in [0.25, 0.3) is 0 Å². The van der Waals surface area contributed by atoms with Gasteiger partial charge < -0.3 is 19.1 Å². The van der Waals surface area contributed by atoms with Crippen LogP contribution in [0.15, 0.2) is 48.8 Å². The summed E-state index contributed by atoms with van der Waals surface area (Å²) in [6.07, 6.45) is 4.24. The van der Waals surface area contributed by atoms with Gasteiger partial charge in [0.15, 0.2) is 0 Å². The van der Waals surface area contributed by atoms with Crippen molar-refractivity contribution in [2.24, 2.45) is 5.92 Å². The predicted octanol–water partition coefficient (Wildman–Crippen LogP) is 4.69. The molecule has 2 aromatic carbocycles. The van der Waals surface area contributed by atoms with Crippen molar-refractivity contribution in [3.8, 4) is 16.9 Å². The largest absolute Gasteiger partial charge is 0.434 e. The second-order valence-electron chi connectivity index (χ2n) is 10.1. The topological polar surface area (TPSA) is 59.3 Å². The quantitative estimate of drug-likeness (QED) is 0.392. The monoisotopic (exact) mass is 506 g/mol. The van der Waals surface area contributed by atoms with E-state index in [0.717, 1.165) is 43.9 Å². The fourth-order valence-corrected chi connectivity index (χ4v) is 5.89. The summed E-state index contributed by atoms with van der Waals surface area (Å²) in [4.78, 5) is 18.2. The minimum Gasteiger partial charge on any atom is -0.434 e. The van der Waals surface area contributed by atoms with Gasteiger partial charge in [0, 0.05) is 67.2 Å². The van der Waals surface area contributed by atoms with Crippen molar-refractivity contribution in [1.29, 1.82) is 0 Å². The first-order chi connectivity index (χ1) is 18.0. The molecule has 3 atom stereocenters. The van der Waals surface area contributed by atoms with Gasteiger partial charge in [-0.2, -0.15) is 8.78 Å². The molecule has 0 spiro atoms. The third kappa shape index (κ3) is 3.73. The molecule has 4 heterocycles. The third-order valence-electron chi connectivity index (χ3n) is 7.85. The average molecular weight is 507 g/mol. The van der Waals surface area contributed by atoms with Crippen LogP contribution in [0, 0.1) is 11.7 Å². The molecule has 3 aliphatic rings. The molecular formula is C27H25F3N6O. The Kier molecular flexibility index (Phi) is 5.14. The third-order valence-corrected chi connectivity index (χ3v) is 7.85. The highest BCUT2D eigenvalue weighted by Gasteiger charge is 2.55. The molecule has 2 aliphatic heterocycles. The van der Waals surface area contributed by atoms with Gasteiger partial charge in [0.2, 0.25) is 5.95 Å². The van der Waals surface area contributed by atoms with E-state index in [1.807, 2.05) is 12.1 Å². The number of benzene rings is 2. The Morgan fingerprint density at radius 3 is 2.54 bits per heavy atom. The summed E-state index contributed by atoms with van der Waals surface area (Å²) in [5.74, 6) is 1.77. The Balaban J connectivity index is 1.28. The Morgan fingerprint density at radius 1 is 1.03 bits per heavy atom. The van der Waals surface area contributed by atoms with E-state index in [-0.39, 0.29) is 23.6 Å². The van der Waals surface area contributed by atoms with Crippen LogP contribution in [-0.4, -0.2) is 64.3 Å². The first-order valence-electron chi connectivity index (χ1n) is 12.5. The van der Waals surface area contributed by atoms with Crippen molar-refractivity contribution < 1.29 is 17.9 Å². The van der Waals surface area contributed by atoms with E-state index in [1.54, 1.807) is 30.6 Å². The summed E-state index contributed by atoms with van der Waals surface area (Å²) in [5, 5.41) is 0. The van der Waals surface area contributed by atoms with Crippen molar-refractivity contribution in [2.45, 2.75) is 25.0 Å². The van der Waals surface area contributed by atoms with E-state index in [0.29, 0.717) is 28.2 Å². The average Bonchev–Trinajstić information content (AvgIpc) is 3.50. The highest BCUT2D eigenvalue weighted by atomic mass is 19.3. The summed E-state index contributed by atoms with van der Waals surface area (Å²) in [7, 11) is 2.09. The predicted molar refractivity (Wildman–Crippen MR) is 132 cm³/mol. The lowest BCUT2D eigenvalue weighted by Crippen LogP contribution is -2.45. The zero-order valence-corrected chi connectivity index (χ0v) is 20.2. The summed E-state index contributed by atoms with van der Waals surface area (Å²) in [6, 6.07) is 9.94. The maximum absolute atomic E-state index is 15.3. The highest BCUT2D eigenvalue weighted by Crippen LogP contribution is 2.63. The lowest BCUT2D eigenvalue weighted by molar-refractivity contribution is -0.0507. The number of alkyl halides is 2. The molecule has 2 aromatic heterocycles. The molecular weight excluding hydrogens is 481 g/mol. The van der Waals surface area contributed by atoms with Crippen molar-refractivity contribution in [3.05, 3.63) is 66.0 Å². The lowest BCUT2D eigenvalue weighted by Gasteiger charge is -2.32. The standard InChI is InChI=1S/C27H25F3N6O/c1-34-6-8-35(9-7-34)27-31-13-15(14-32-27)17-11-22-21(12-20(17)28)33-25-19-10-18(19)24(36(22)25)16-4-2-3-5-23(16)37-26(29)30/h2-5,11-14,18-19,24,26H,6-10H2,1H3/t18-,19+,24-/m1/s1. The van der Waals surface area contributed by atoms with E-state index < -0.39 is 12.4 Å². The smallest absolute Gasteiger partial charge is 0.387 e. The molecule has 4 aromatic rings. The summed E-state index contributed by atoms with van der Waals surface area (Å²) >= 11 is 0. The number of likely N-dealkylation sites (N-methyl/N-ethyl adjacent to an activating group) is 1. The van der Waals surface area contributed by atoms with Gasteiger partial charge in [0.1, 0.15) is 17.4 Å². The zero-order valence-electron chi connectivity index (χ0n) is 20.2. The molecule has 7 rings (SSSR count). The van der Waals surface area contributed by atoms with E-state index in [9.17, 15) is 8.78 Å². The van der Waals surface area contributed by atoms with Crippen LogP contribution in [0.25, 0.3) is 22.2 Å². The molecule has 2 fully saturated rings. The summed E-state index contributed by atoms with van der Waals surface area (Å²) < 4.78 is 48.5. The van der Waals surface area contributed by atoms with E-state index in [4.69, 9.17) is 9.72 Å². The number of halogens is 3. The van der Waals surface area contributed by atoms with Crippen LogP contribution in [0.5, 0.6) is 5.75 Å². The van der Waals surface area contributed by atoms with Crippen molar-refractivity contribution in [2.75, 3.05) is 38.1 Å². The van der Waals surface area contributed by atoms with Gasteiger partial charge in [0.05, 0.1) is 17.1 Å². The molecule has 1 aliphatic carbocycles. The molecule has 37 heavy (non-hydrogen) atoms. The van der Waals surface area contributed by atoms with Crippen LogP contribution in [0.2, 0.25) is 0 Å². The normalized spacial score (nSPS) is 22.9. The van der Waals surface area contributed by atoms with Gasteiger partial charge in [-0.15, -0.1) is 0 Å². The molecule has 0 radical (unpaired) electrons. The van der Waals surface area contributed by atoms with Gasteiger partial charge in [-0.05, 0) is 31.5 Å². The molecule has 190 valence electrons.